The van der Waals surface area contributed by atoms with E-state index in [1.165, 1.54) is 11.3 Å². The molecule has 19 heavy (non-hydrogen) atoms. The molecule has 0 radical (unpaired) electrons. The van der Waals surface area contributed by atoms with Crippen molar-refractivity contribution in [2.45, 2.75) is 31.0 Å². The third-order valence-corrected chi connectivity index (χ3v) is 7.82. The van der Waals surface area contributed by atoms with Gasteiger partial charge in [0.1, 0.15) is 4.90 Å². The molecule has 7 heteroatoms. The number of alkyl halides is 1. The average molecular weight is 387 g/mol. The molecule has 1 aliphatic rings. The Morgan fingerprint density at radius 2 is 2.00 bits per heavy atom. The molecular formula is C12H17BrClNO2S2. The van der Waals surface area contributed by atoms with Crippen molar-refractivity contribution in [1.82, 2.24) is 4.31 Å². The van der Waals surface area contributed by atoms with Gasteiger partial charge in [0, 0.05) is 18.0 Å². The first-order valence-electron chi connectivity index (χ1n) is 6.19. The van der Waals surface area contributed by atoms with Crippen LogP contribution in [-0.4, -0.2) is 25.8 Å². The number of halogens is 2. The molecule has 108 valence electrons. The maximum atomic E-state index is 12.7. The van der Waals surface area contributed by atoms with E-state index in [9.17, 15) is 8.42 Å². The summed E-state index contributed by atoms with van der Waals surface area (Å²) in [4.78, 5) is 1.22. The number of hydrogen-bond acceptors (Lipinski definition) is 3. The van der Waals surface area contributed by atoms with Crippen LogP contribution < -0.4 is 0 Å². The molecule has 2 unspecified atom stereocenters. The van der Waals surface area contributed by atoms with E-state index >= 15 is 0 Å². The maximum Gasteiger partial charge on any atom is 0.245 e. The van der Waals surface area contributed by atoms with Gasteiger partial charge in [-0.3, -0.25) is 0 Å². The first-order chi connectivity index (χ1) is 8.84. The summed E-state index contributed by atoms with van der Waals surface area (Å²) in [5, 5.41) is 0. The van der Waals surface area contributed by atoms with Gasteiger partial charge in [-0.05, 0) is 40.3 Å². The summed E-state index contributed by atoms with van der Waals surface area (Å²) < 4.78 is 27.6. The maximum absolute atomic E-state index is 12.7. The van der Waals surface area contributed by atoms with Gasteiger partial charge in [-0.25, -0.2) is 8.42 Å². The van der Waals surface area contributed by atoms with Crippen LogP contribution in [0.3, 0.4) is 0 Å². The second-order valence-corrected chi connectivity index (χ2v) is 9.88. The standard InChI is InChI=1S/C12H17BrClNO2S2/c1-8-3-9(2)7-15(6-8)19(16,17)11-4-10(5-14)18-12(11)13/h4,8-9H,3,5-7H2,1-2H3. The zero-order valence-corrected chi connectivity index (χ0v) is 14.9. The van der Waals surface area contributed by atoms with Crippen LogP contribution in [0.1, 0.15) is 25.1 Å². The first kappa shape index (κ1) is 15.8. The van der Waals surface area contributed by atoms with Crippen molar-refractivity contribution in [3.05, 3.63) is 14.7 Å². The minimum absolute atomic E-state index is 0.339. The number of sulfonamides is 1. The van der Waals surface area contributed by atoms with Crippen molar-refractivity contribution in [1.29, 1.82) is 0 Å². The van der Waals surface area contributed by atoms with Gasteiger partial charge in [0.25, 0.3) is 0 Å². The number of hydrogen-bond donors (Lipinski definition) is 0. The predicted octanol–water partition coefficient (Wildman–Crippen LogP) is 3.92. The van der Waals surface area contributed by atoms with Crippen LogP contribution in [0, 0.1) is 11.8 Å². The molecule has 2 heterocycles. The summed E-state index contributed by atoms with van der Waals surface area (Å²) in [6, 6.07) is 1.68. The number of piperidine rings is 1. The quantitative estimate of drug-likeness (QED) is 0.738. The van der Waals surface area contributed by atoms with Crippen LogP contribution in [0.5, 0.6) is 0 Å². The highest BCUT2D eigenvalue weighted by Crippen LogP contribution is 2.36. The van der Waals surface area contributed by atoms with Crippen molar-refractivity contribution in [3.8, 4) is 0 Å². The monoisotopic (exact) mass is 385 g/mol. The molecule has 3 nitrogen and oxygen atoms in total. The van der Waals surface area contributed by atoms with Crippen LogP contribution >= 0.6 is 38.9 Å². The summed E-state index contributed by atoms with van der Waals surface area (Å²) >= 11 is 10.5. The molecule has 2 atom stereocenters. The molecule has 2 rings (SSSR count). The van der Waals surface area contributed by atoms with Gasteiger partial charge in [0.2, 0.25) is 10.0 Å². The number of nitrogens with zero attached hydrogens (tertiary/aromatic N) is 1. The second kappa shape index (κ2) is 6.02. The summed E-state index contributed by atoms with van der Waals surface area (Å²) in [6.45, 7) is 5.41. The SMILES string of the molecule is CC1CC(C)CN(S(=O)(=O)c2cc(CCl)sc2Br)C1. The van der Waals surface area contributed by atoms with E-state index in [-0.39, 0.29) is 0 Å². The molecule has 0 spiro atoms. The molecule has 1 aromatic rings. The molecule has 0 saturated carbocycles. The Morgan fingerprint density at radius 1 is 1.42 bits per heavy atom. The minimum Gasteiger partial charge on any atom is -0.207 e. The largest absolute Gasteiger partial charge is 0.245 e. The van der Waals surface area contributed by atoms with Crippen LogP contribution in [0.25, 0.3) is 0 Å². The zero-order chi connectivity index (χ0) is 14.2. The van der Waals surface area contributed by atoms with Crippen molar-refractivity contribution in [2.24, 2.45) is 11.8 Å². The molecule has 1 saturated heterocycles. The summed E-state index contributed by atoms with van der Waals surface area (Å²) in [6.07, 6.45) is 1.09. The molecule has 0 aromatic carbocycles. The highest BCUT2D eigenvalue weighted by atomic mass is 79.9. The Balaban J connectivity index is 2.33. The summed E-state index contributed by atoms with van der Waals surface area (Å²) in [7, 11) is -3.41. The van der Waals surface area contributed by atoms with Gasteiger partial charge >= 0.3 is 0 Å². The Kier molecular flexibility index (Phi) is 4.99. The van der Waals surface area contributed by atoms with Gasteiger partial charge < -0.3 is 0 Å². The third kappa shape index (κ3) is 3.35. The van der Waals surface area contributed by atoms with Gasteiger partial charge in [-0.1, -0.05) is 13.8 Å². The molecular weight excluding hydrogens is 370 g/mol. The van der Waals surface area contributed by atoms with Gasteiger partial charge in [0.05, 0.1) is 9.67 Å². The molecule has 0 amide bonds. The molecule has 1 aliphatic heterocycles. The van der Waals surface area contributed by atoms with Crippen LogP contribution in [0.15, 0.2) is 14.7 Å². The number of thiophene rings is 1. The van der Waals surface area contributed by atoms with Crippen molar-refractivity contribution in [2.75, 3.05) is 13.1 Å². The van der Waals surface area contributed by atoms with E-state index in [1.54, 1.807) is 10.4 Å². The lowest BCUT2D eigenvalue weighted by molar-refractivity contribution is 0.222. The molecule has 0 aliphatic carbocycles. The molecule has 0 N–H and O–H groups in total. The summed E-state index contributed by atoms with van der Waals surface area (Å²) in [5.74, 6) is 1.15. The van der Waals surface area contributed by atoms with E-state index in [0.29, 0.717) is 39.5 Å². The van der Waals surface area contributed by atoms with Crippen molar-refractivity contribution < 1.29 is 8.42 Å². The van der Waals surface area contributed by atoms with E-state index in [2.05, 4.69) is 29.8 Å². The smallest absolute Gasteiger partial charge is 0.207 e. The minimum atomic E-state index is -3.41. The van der Waals surface area contributed by atoms with Crippen LogP contribution in [0.2, 0.25) is 0 Å². The van der Waals surface area contributed by atoms with Gasteiger partial charge in [0.15, 0.2) is 0 Å². The van der Waals surface area contributed by atoms with E-state index < -0.39 is 10.0 Å². The highest BCUT2D eigenvalue weighted by molar-refractivity contribution is 9.11. The normalized spacial score (nSPS) is 25.7. The number of rotatable bonds is 3. The van der Waals surface area contributed by atoms with Crippen molar-refractivity contribution >= 4 is 48.9 Å². The Bertz CT molecular complexity index is 548. The molecule has 0 bridgehead atoms. The second-order valence-electron chi connectivity index (χ2n) is 5.25. The lowest BCUT2D eigenvalue weighted by Crippen LogP contribution is -2.42. The lowest BCUT2D eigenvalue weighted by atomic mass is 9.94. The summed E-state index contributed by atoms with van der Waals surface area (Å²) in [5.41, 5.74) is 0. The van der Waals surface area contributed by atoms with E-state index in [1.807, 2.05) is 0 Å². The fraction of sp³-hybridized carbons (Fsp3) is 0.667. The fourth-order valence-corrected chi connectivity index (χ4v) is 6.98. The van der Waals surface area contributed by atoms with Crippen LogP contribution in [0.4, 0.5) is 0 Å². The van der Waals surface area contributed by atoms with Crippen LogP contribution in [-0.2, 0) is 15.9 Å². The molecule has 1 fully saturated rings. The highest BCUT2D eigenvalue weighted by Gasteiger charge is 2.33. The van der Waals surface area contributed by atoms with Gasteiger partial charge in [-0.15, -0.1) is 22.9 Å². The van der Waals surface area contributed by atoms with Gasteiger partial charge in [-0.2, -0.15) is 4.31 Å². The lowest BCUT2D eigenvalue weighted by Gasteiger charge is -2.33. The predicted molar refractivity (Wildman–Crippen MR) is 83.3 cm³/mol. The molecule has 1 aromatic heterocycles. The van der Waals surface area contributed by atoms with E-state index in [0.717, 1.165) is 11.3 Å². The van der Waals surface area contributed by atoms with E-state index in [4.69, 9.17) is 11.6 Å². The topological polar surface area (TPSA) is 37.4 Å². The fourth-order valence-electron chi connectivity index (χ4n) is 2.58. The Morgan fingerprint density at radius 3 is 2.47 bits per heavy atom. The van der Waals surface area contributed by atoms with Crippen molar-refractivity contribution in [3.63, 3.8) is 0 Å². The Hall–Kier alpha value is 0.380. The zero-order valence-electron chi connectivity index (χ0n) is 10.9. The first-order valence-corrected chi connectivity index (χ1v) is 9.77. The Labute approximate surface area is 132 Å². The third-order valence-electron chi connectivity index (χ3n) is 3.29. The average Bonchev–Trinajstić information content (AvgIpc) is 2.70.